The van der Waals surface area contributed by atoms with Crippen LogP contribution in [0.25, 0.3) is 0 Å². The lowest BCUT2D eigenvalue weighted by atomic mass is 10.1. The Morgan fingerprint density at radius 2 is 2.05 bits per heavy atom. The van der Waals surface area contributed by atoms with Gasteiger partial charge in [0.2, 0.25) is 10.0 Å². The third-order valence-corrected chi connectivity index (χ3v) is 5.77. The minimum Gasteiger partial charge on any atom is -0.377 e. The van der Waals surface area contributed by atoms with Crippen LogP contribution in [0.2, 0.25) is 0 Å². The van der Waals surface area contributed by atoms with Crippen molar-refractivity contribution >= 4 is 41.9 Å². The Kier molecular flexibility index (Phi) is 5.97. The lowest BCUT2D eigenvalue weighted by Gasteiger charge is -2.31. The van der Waals surface area contributed by atoms with E-state index >= 15 is 0 Å². The lowest BCUT2D eigenvalue weighted by Crippen LogP contribution is -2.41. The fourth-order valence-electron chi connectivity index (χ4n) is 2.13. The maximum Gasteiger partial charge on any atom is 0.244 e. The predicted molar refractivity (Wildman–Crippen MR) is 83.5 cm³/mol. The van der Waals surface area contributed by atoms with Gasteiger partial charge in [-0.25, -0.2) is 8.42 Å². The third-order valence-electron chi connectivity index (χ3n) is 3.15. The molecule has 20 heavy (non-hydrogen) atoms. The first-order valence-electron chi connectivity index (χ1n) is 6.32. The maximum absolute atomic E-state index is 12.5. The van der Waals surface area contributed by atoms with Crippen LogP contribution in [0.3, 0.4) is 0 Å². The van der Waals surface area contributed by atoms with E-state index in [-0.39, 0.29) is 11.0 Å². The molecule has 1 fully saturated rings. The highest BCUT2D eigenvalue weighted by atomic mass is 79.9. The van der Waals surface area contributed by atoms with Crippen LogP contribution in [0.1, 0.15) is 12.8 Å². The summed E-state index contributed by atoms with van der Waals surface area (Å²) in [5.74, 6) is 0. The van der Waals surface area contributed by atoms with Crippen LogP contribution >= 0.6 is 31.9 Å². The van der Waals surface area contributed by atoms with Crippen molar-refractivity contribution in [2.75, 3.05) is 25.0 Å². The molecule has 1 saturated heterocycles. The van der Waals surface area contributed by atoms with Crippen molar-refractivity contribution < 1.29 is 13.2 Å². The molecule has 1 aliphatic heterocycles. The molecule has 0 bridgehead atoms. The molecule has 0 radical (unpaired) electrons. The average Bonchev–Trinajstić information content (AvgIpc) is 2.45. The van der Waals surface area contributed by atoms with E-state index in [0.29, 0.717) is 24.2 Å². The minimum absolute atomic E-state index is 0.152. The predicted octanol–water partition coefficient (Wildman–Crippen LogP) is 2.41. The van der Waals surface area contributed by atoms with Crippen LogP contribution in [0.4, 0.5) is 0 Å². The molecule has 1 aromatic heterocycles. The summed E-state index contributed by atoms with van der Waals surface area (Å²) < 4.78 is 32.7. The van der Waals surface area contributed by atoms with Gasteiger partial charge in [-0.2, -0.15) is 4.31 Å². The molecule has 0 unspecified atom stereocenters. The topological polar surface area (TPSA) is 59.5 Å². The molecule has 112 valence electrons. The zero-order valence-electron chi connectivity index (χ0n) is 10.8. The number of nitrogens with zero attached hydrogens (tertiary/aromatic N) is 2. The van der Waals surface area contributed by atoms with Crippen LogP contribution in [0.15, 0.2) is 27.8 Å². The molecule has 0 atom stereocenters. The Bertz CT molecular complexity index is 545. The summed E-state index contributed by atoms with van der Waals surface area (Å²) in [7, 11) is -3.45. The van der Waals surface area contributed by atoms with Gasteiger partial charge in [0.1, 0.15) is 4.90 Å². The first-order valence-corrected chi connectivity index (χ1v) is 9.68. The Morgan fingerprint density at radius 1 is 1.35 bits per heavy atom. The van der Waals surface area contributed by atoms with Crippen molar-refractivity contribution in [3.05, 3.63) is 22.9 Å². The molecule has 2 rings (SSSR count). The van der Waals surface area contributed by atoms with E-state index in [9.17, 15) is 8.42 Å². The normalized spacial score (nSPS) is 18.3. The summed E-state index contributed by atoms with van der Waals surface area (Å²) in [5.41, 5.74) is 0. The van der Waals surface area contributed by atoms with Gasteiger partial charge in [0.15, 0.2) is 0 Å². The van der Waals surface area contributed by atoms with Gasteiger partial charge in [-0.15, -0.1) is 0 Å². The first kappa shape index (κ1) is 16.4. The zero-order chi connectivity index (χ0) is 14.6. The van der Waals surface area contributed by atoms with Crippen molar-refractivity contribution in [2.45, 2.75) is 23.8 Å². The molecule has 0 spiro atoms. The Labute approximate surface area is 136 Å². The molecule has 0 saturated carbocycles. The quantitative estimate of drug-likeness (QED) is 0.677. The number of halogens is 2. The maximum atomic E-state index is 12.5. The Balaban J connectivity index is 2.02. The molecule has 2 heterocycles. The van der Waals surface area contributed by atoms with E-state index in [2.05, 4.69) is 36.8 Å². The smallest absolute Gasteiger partial charge is 0.244 e. The summed E-state index contributed by atoms with van der Waals surface area (Å²) in [4.78, 5) is 4.15. The number of aromatic nitrogens is 1. The van der Waals surface area contributed by atoms with Crippen LogP contribution < -0.4 is 0 Å². The van der Waals surface area contributed by atoms with E-state index < -0.39 is 10.0 Å². The molecular formula is C12H16Br2N2O3S. The number of sulfonamides is 1. The number of pyridine rings is 1. The number of ether oxygens (including phenoxy) is 1. The van der Waals surface area contributed by atoms with E-state index in [0.717, 1.165) is 18.2 Å². The largest absolute Gasteiger partial charge is 0.377 e. The fourth-order valence-corrected chi connectivity index (χ4v) is 4.30. The van der Waals surface area contributed by atoms with E-state index in [1.165, 1.54) is 10.5 Å². The van der Waals surface area contributed by atoms with E-state index in [1.54, 1.807) is 12.3 Å². The molecule has 1 aromatic rings. The van der Waals surface area contributed by atoms with Crippen molar-refractivity contribution in [2.24, 2.45) is 0 Å². The number of hydrogen-bond acceptors (Lipinski definition) is 4. The summed E-state index contributed by atoms with van der Waals surface area (Å²) in [6.07, 6.45) is 4.56. The molecule has 0 aliphatic carbocycles. The summed E-state index contributed by atoms with van der Waals surface area (Å²) in [6, 6.07) is 1.58. The SMILES string of the molecule is O=S(=O)(c1cncc(Br)c1)N1CCC(OCCBr)CC1. The first-order chi connectivity index (χ1) is 9.54. The van der Waals surface area contributed by atoms with Crippen molar-refractivity contribution in [3.8, 4) is 0 Å². The number of rotatable bonds is 5. The fraction of sp³-hybridized carbons (Fsp3) is 0.583. The monoisotopic (exact) mass is 426 g/mol. The van der Waals surface area contributed by atoms with E-state index in [4.69, 9.17) is 4.74 Å². The molecule has 1 aliphatic rings. The van der Waals surface area contributed by atoms with Crippen LogP contribution in [-0.4, -0.2) is 48.8 Å². The summed E-state index contributed by atoms with van der Waals surface area (Å²) in [6.45, 7) is 1.64. The lowest BCUT2D eigenvalue weighted by molar-refractivity contribution is 0.0309. The average molecular weight is 428 g/mol. The van der Waals surface area contributed by atoms with Gasteiger partial charge in [0.25, 0.3) is 0 Å². The molecule has 8 heteroatoms. The minimum atomic E-state index is -3.45. The van der Waals surface area contributed by atoms with Gasteiger partial charge in [-0.1, -0.05) is 15.9 Å². The second-order valence-electron chi connectivity index (χ2n) is 4.50. The third kappa shape index (κ3) is 4.00. The van der Waals surface area contributed by atoms with Gasteiger partial charge in [0, 0.05) is 35.3 Å². The second kappa shape index (κ2) is 7.31. The van der Waals surface area contributed by atoms with Gasteiger partial charge in [-0.05, 0) is 34.8 Å². The highest BCUT2D eigenvalue weighted by molar-refractivity contribution is 9.10. The van der Waals surface area contributed by atoms with Crippen LogP contribution in [0, 0.1) is 0 Å². The summed E-state index contributed by atoms with van der Waals surface area (Å²) in [5, 5.41) is 0.801. The number of piperidine rings is 1. The number of alkyl halides is 1. The van der Waals surface area contributed by atoms with Crippen molar-refractivity contribution in [1.29, 1.82) is 0 Å². The van der Waals surface area contributed by atoms with Crippen molar-refractivity contribution in [1.82, 2.24) is 9.29 Å². The standard InChI is InChI=1S/C12H16Br2N2O3S/c13-3-6-19-11-1-4-16(5-2-11)20(17,18)12-7-10(14)8-15-9-12/h7-9,11H,1-6H2. The van der Waals surface area contributed by atoms with Crippen LogP contribution in [0.5, 0.6) is 0 Å². The summed E-state index contributed by atoms with van der Waals surface area (Å²) >= 11 is 6.56. The Hall–Kier alpha value is -0.0200. The van der Waals surface area contributed by atoms with Gasteiger partial charge < -0.3 is 4.74 Å². The second-order valence-corrected chi connectivity index (χ2v) is 8.15. The number of hydrogen-bond donors (Lipinski definition) is 0. The van der Waals surface area contributed by atoms with E-state index in [1.807, 2.05) is 0 Å². The molecule has 0 amide bonds. The molecule has 0 aromatic carbocycles. The molecule has 5 nitrogen and oxygen atoms in total. The van der Waals surface area contributed by atoms with Crippen molar-refractivity contribution in [3.63, 3.8) is 0 Å². The highest BCUT2D eigenvalue weighted by Crippen LogP contribution is 2.23. The van der Waals surface area contributed by atoms with Gasteiger partial charge in [0.05, 0.1) is 12.7 Å². The highest BCUT2D eigenvalue weighted by Gasteiger charge is 2.29. The van der Waals surface area contributed by atoms with Gasteiger partial charge >= 0.3 is 0 Å². The Morgan fingerprint density at radius 3 is 2.65 bits per heavy atom. The molecular weight excluding hydrogens is 412 g/mol. The zero-order valence-corrected chi connectivity index (χ0v) is 14.8. The molecule has 0 N–H and O–H groups in total. The van der Waals surface area contributed by atoms with Crippen LogP contribution in [-0.2, 0) is 14.8 Å². The van der Waals surface area contributed by atoms with Gasteiger partial charge in [-0.3, -0.25) is 4.98 Å².